The highest BCUT2D eigenvalue weighted by Crippen LogP contribution is 2.14. The molecule has 0 bridgehead atoms. The number of alkyl carbamates (subject to hydrolysis) is 1. The first kappa shape index (κ1) is 22.5. The van der Waals surface area contributed by atoms with Crippen LogP contribution in [0.2, 0.25) is 0 Å². The lowest BCUT2D eigenvalue weighted by molar-refractivity contribution is -0.153. The average Bonchev–Trinajstić information content (AvgIpc) is 2.61. The fourth-order valence-corrected chi connectivity index (χ4v) is 2.47. The number of methoxy groups -OCH3 is 1. The Bertz CT molecular complexity index is 640. The van der Waals surface area contributed by atoms with Gasteiger partial charge in [0.1, 0.15) is 17.7 Å². The number of nitrogens with zero attached hydrogens (tertiary/aromatic N) is 1. The monoisotopic (exact) mass is 378 g/mol. The Morgan fingerprint density at radius 2 is 1.74 bits per heavy atom. The third-order valence-electron chi connectivity index (χ3n) is 3.89. The number of esters is 1. The number of hydrogen-bond donors (Lipinski definition) is 1. The molecule has 0 heterocycles. The number of benzene rings is 1. The van der Waals surface area contributed by atoms with Gasteiger partial charge in [-0.2, -0.15) is 0 Å². The quantitative estimate of drug-likeness (QED) is 0.738. The zero-order valence-corrected chi connectivity index (χ0v) is 16.9. The fourth-order valence-electron chi connectivity index (χ4n) is 2.47. The number of rotatable bonds is 7. The number of hydrogen-bond acceptors (Lipinski definition) is 5. The Morgan fingerprint density at radius 1 is 1.15 bits per heavy atom. The standard InChI is InChI=1S/C20H30N2O5/c1-7-16(21-19(25)27-20(3,4)5)17(23)22(14(2)18(24)26-6)13-15-11-9-8-10-12-15/h8-12,14,16H,7,13H2,1-6H3,(H,21,25)/t14-,16+/m1/s1. The van der Waals surface area contributed by atoms with E-state index < -0.39 is 29.7 Å². The Labute approximate surface area is 161 Å². The molecule has 0 saturated carbocycles. The van der Waals surface area contributed by atoms with Gasteiger partial charge in [0.05, 0.1) is 7.11 Å². The van der Waals surface area contributed by atoms with E-state index in [0.717, 1.165) is 5.56 Å². The van der Waals surface area contributed by atoms with Crippen molar-refractivity contribution in [3.05, 3.63) is 35.9 Å². The first-order valence-electron chi connectivity index (χ1n) is 9.00. The van der Waals surface area contributed by atoms with Crippen molar-refractivity contribution in [2.24, 2.45) is 0 Å². The van der Waals surface area contributed by atoms with E-state index >= 15 is 0 Å². The summed E-state index contributed by atoms with van der Waals surface area (Å²) < 4.78 is 10.0. The van der Waals surface area contributed by atoms with Gasteiger partial charge in [-0.3, -0.25) is 4.79 Å². The molecule has 7 nitrogen and oxygen atoms in total. The first-order chi connectivity index (χ1) is 12.6. The van der Waals surface area contributed by atoms with Crippen LogP contribution in [-0.2, 0) is 25.6 Å². The van der Waals surface area contributed by atoms with Gasteiger partial charge in [-0.1, -0.05) is 37.3 Å². The molecule has 0 aliphatic rings. The summed E-state index contributed by atoms with van der Waals surface area (Å²) in [5.74, 6) is -0.892. The highest BCUT2D eigenvalue weighted by Gasteiger charge is 2.32. The minimum atomic E-state index is -0.810. The molecule has 1 N–H and O–H groups in total. The van der Waals surface area contributed by atoms with Crippen LogP contribution in [0.3, 0.4) is 0 Å². The van der Waals surface area contributed by atoms with Crippen LogP contribution in [0.25, 0.3) is 0 Å². The van der Waals surface area contributed by atoms with Crippen LogP contribution in [0.1, 0.15) is 46.6 Å². The van der Waals surface area contributed by atoms with Crippen molar-refractivity contribution in [2.45, 2.75) is 65.3 Å². The van der Waals surface area contributed by atoms with Gasteiger partial charge in [0.15, 0.2) is 0 Å². The zero-order chi connectivity index (χ0) is 20.6. The van der Waals surface area contributed by atoms with Gasteiger partial charge in [0.25, 0.3) is 0 Å². The summed E-state index contributed by atoms with van der Waals surface area (Å²) in [6.07, 6.45) is -0.315. The second kappa shape index (κ2) is 9.94. The Balaban J connectivity index is 3.01. The molecule has 0 unspecified atom stereocenters. The van der Waals surface area contributed by atoms with Crippen molar-refractivity contribution < 1.29 is 23.9 Å². The Hall–Kier alpha value is -2.57. The van der Waals surface area contributed by atoms with E-state index in [4.69, 9.17) is 9.47 Å². The van der Waals surface area contributed by atoms with Gasteiger partial charge in [0, 0.05) is 6.54 Å². The predicted octanol–water partition coefficient (Wildman–Crippen LogP) is 2.88. The van der Waals surface area contributed by atoms with Crippen molar-refractivity contribution in [3.63, 3.8) is 0 Å². The second-order valence-corrected chi connectivity index (χ2v) is 7.26. The molecule has 27 heavy (non-hydrogen) atoms. The second-order valence-electron chi connectivity index (χ2n) is 7.26. The van der Waals surface area contributed by atoms with Gasteiger partial charge >= 0.3 is 12.1 Å². The molecule has 7 heteroatoms. The van der Waals surface area contributed by atoms with Gasteiger partial charge in [-0.25, -0.2) is 9.59 Å². The van der Waals surface area contributed by atoms with Crippen LogP contribution in [0.15, 0.2) is 30.3 Å². The summed E-state index contributed by atoms with van der Waals surface area (Å²) in [4.78, 5) is 38.6. The smallest absolute Gasteiger partial charge is 0.408 e. The molecule has 0 aliphatic heterocycles. The number of amides is 2. The molecule has 2 amide bonds. The summed E-state index contributed by atoms with van der Waals surface area (Å²) in [5.41, 5.74) is 0.197. The number of ether oxygens (including phenoxy) is 2. The van der Waals surface area contributed by atoms with E-state index in [1.165, 1.54) is 12.0 Å². The van der Waals surface area contributed by atoms with Gasteiger partial charge in [-0.15, -0.1) is 0 Å². The van der Waals surface area contributed by atoms with Crippen molar-refractivity contribution in [1.29, 1.82) is 0 Å². The van der Waals surface area contributed by atoms with E-state index in [1.54, 1.807) is 34.6 Å². The Morgan fingerprint density at radius 3 is 2.22 bits per heavy atom. The lowest BCUT2D eigenvalue weighted by atomic mass is 10.1. The molecule has 1 rings (SSSR count). The van der Waals surface area contributed by atoms with Gasteiger partial charge in [0.2, 0.25) is 5.91 Å². The van der Waals surface area contributed by atoms with Crippen molar-refractivity contribution in [1.82, 2.24) is 10.2 Å². The maximum absolute atomic E-state index is 13.1. The minimum Gasteiger partial charge on any atom is -0.467 e. The molecule has 1 aromatic carbocycles. The third kappa shape index (κ3) is 7.29. The summed E-state index contributed by atoms with van der Waals surface area (Å²) in [6, 6.07) is 7.72. The van der Waals surface area contributed by atoms with Crippen molar-refractivity contribution in [2.75, 3.05) is 7.11 Å². The number of nitrogens with one attached hydrogen (secondary N) is 1. The molecular weight excluding hydrogens is 348 g/mol. The van der Waals surface area contributed by atoms with E-state index in [2.05, 4.69) is 5.32 Å². The van der Waals surface area contributed by atoms with Crippen LogP contribution in [-0.4, -0.2) is 47.7 Å². The van der Waals surface area contributed by atoms with Crippen LogP contribution in [0, 0.1) is 0 Å². The summed E-state index contributed by atoms with van der Waals surface area (Å²) >= 11 is 0. The lowest BCUT2D eigenvalue weighted by Gasteiger charge is -2.31. The van der Waals surface area contributed by atoms with Gasteiger partial charge in [-0.05, 0) is 39.7 Å². The van der Waals surface area contributed by atoms with E-state index in [9.17, 15) is 14.4 Å². The molecule has 0 saturated heterocycles. The van der Waals surface area contributed by atoms with Crippen LogP contribution in [0.4, 0.5) is 4.79 Å². The molecule has 1 aromatic rings. The summed E-state index contributed by atoms with van der Waals surface area (Å²) in [6.45, 7) is 8.85. The molecular formula is C20H30N2O5. The highest BCUT2D eigenvalue weighted by molar-refractivity contribution is 5.89. The molecule has 0 fully saturated rings. The molecule has 0 radical (unpaired) electrons. The minimum absolute atomic E-state index is 0.225. The van der Waals surface area contributed by atoms with E-state index in [-0.39, 0.29) is 12.5 Å². The summed E-state index contributed by atoms with van der Waals surface area (Å²) in [7, 11) is 1.28. The molecule has 2 atom stereocenters. The predicted molar refractivity (Wildman–Crippen MR) is 102 cm³/mol. The highest BCUT2D eigenvalue weighted by atomic mass is 16.6. The summed E-state index contributed by atoms with van der Waals surface area (Å²) in [5, 5.41) is 2.60. The Kier molecular flexibility index (Phi) is 8.28. The van der Waals surface area contributed by atoms with Crippen LogP contribution in [0.5, 0.6) is 0 Å². The van der Waals surface area contributed by atoms with Crippen LogP contribution >= 0.6 is 0 Å². The van der Waals surface area contributed by atoms with Crippen molar-refractivity contribution >= 4 is 18.0 Å². The first-order valence-corrected chi connectivity index (χ1v) is 9.00. The SMILES string of the molecule is CC[C@H](NC(=O)OC(C)(C)C)C(=O)N(Cc1ccccc1)[C@H](C)C(=O)OC. The van der Waals surface area contributed by atoms with Gasteiger partial charge < -0.3 is 19.7 Å². The average molecular weight is 378 g/mol. The topological polar surface area (TPSA) is 84.9 Å². The largest absolute Gasteiger partial charge is 0.467 e. The van der Waals surface area contributed by atoms with Crippen LogP contribution < -0.4 is 5.32 Å². The normalized spacial score (nSPS) is 13.3. The fraction of sp³-hybridized carbons (Fsp3) is 0.550. The third-order valence-corrected chi connectivity index (χ3v) is 3.89. The maximum Gasteiger partial charge on any atom is 0.408 e. The zero-order valence-electron chi connectivity index (χ0n) is 16.9. The van der Waals surface area contributed by atoms with Crippen molar-refractivity contribution in [3.8, 4) is 0 Å². The molecule has 0 aliphatic carbocycles. The molecule has 0 spiro atoms. The lowest BCUT2D eigenvalue weighted by Crippen LogP contribution is -2.53. The number of carbonyl (C=O) groups excluding carboxylic acids is 3. The maximum atomic E-state index is 13.1. The number of carbonyl (C=O) groups is 3. The molecule has 0 aromatic heterocycles. The van der Waals surface area contributed by atoms with E-state index in [0.29, 0.717) is 6.42 Å². The van der Waals surface area contributed by atoms with E-state index in [1.807, 2.05) is 30.3 Å². The molecule has 150 valence electrons.